The zero-order valence-electron chi connectivity index (χ0n) is 24.8. The summed E-state index contributed by atoms with van der Waals surface area (Å²) < 4.78 is 32.5. The van der Waals surface area contributed by atoms with Gasteiger partial charge in [-0.25, -0.2) is 28.5 Å². The van der Waals surface area contributed by atoms with Gasteiger partial charge in [0, 0.05) is 14.1 Å². The lowest BCUT2D eigenvalue weighted by Gasteiger charge is -2.20. The van der Waals surface area contributed by atoms with Crippen molar-refractivity contribution in [3.05, 3.63) is 24.2 Å². The largest absolute Gasteiger partial charge is 0.387 e. The van der Waals surface area contributed by atoms with Gasteiger partial charge < -0.3 is 66.3 Å². The molecular weight excluding hydrogens is 693 g/mol. The van der Waals surface area contributed by atoms with Crippen molar-refractivity contribution in [3.63, 3.8) is 0 Å². The number of carbonyl (C=O) groups is 1. The smallest absolute Gasteiger partial charge is 0.367 e. The quantitative estimate of drug-likeness (QED) is 0.0159. The van der Waals surface area contributed by atoms with Crippen molar-refractivity contribution >= 4 is 55.0 Å². The number of ether oxygens (including phenoxy) is 2. The number of carbonyl (C=O) groups excluding carboxylic acids is 1. The third kappa shape index (κ3) is 9.98. The summed E-state index contributed by atoms with van der Waals surface area (Å²) in [5, 5.41) is 28.6. The number of aliphatic hydroxyl groups is 2. The molecule has 12 N–H and O–H groups in total. The van der Waals surface area contributed by atoms with Crippen molar-refractivity contribution in [3.8, 4) is 0 Å². The average molecular weight is 728 g/mol. The Morgan fingerprint density at radius 3 is 2.57 bits per heavy atom. The number of aliphatic imine (C=N–C) groups is 1. The summed E-state index contributed by atoms with van der Waals surface area (Å²) in [4.78, 5) is 62.5. The number of fused-ring (bicyclic) bond motifs is 1. The van der Waals surface area contributed by atoms with Crippen LogP contribution in [0.2, 0.25) is 0 Å². The molecule has 0 aromatic carbocycles. The van der Waals surface area contributed by atoms with E-state index in [0.29, 0.717) is 30.3 Å². The van der Waals surface area contributed by atoms with Gasteiger partial charge >= 0.3 is 25.8 Å². The Bertz CT molecular complexity index is 1400. The molecule has 4 heterocycles. The number of aldehydes is 1. The molecule has 4 rings (SSSR count). The Balaban J connectivity index is 1.15. The van der Waals surface area contributed by atoms with Crippen LogP contribution in [0.5, 0.6) is 0 Å². The lowest BCUT2D eigenvalue weighted by Crippen LogP contribution is -2.42. The number of likely N-dealkylation sites (N-methyl/N-ethyl adjacent to an activating group) is 1. The highest BCUT2D eigenvalue weighted by molar-refractivity contribution is 7.60. The molecule has 9 atom stereocenters. The first-order valence-electron chi connectivity index (χ1n) is 13.6. The average Bonchev–Trinajstić information content (AvgIpc) is 3.75. The first-order valence-corrected chi connectivity index (χ1v) is 16.9. The molecule has 2 aliphatic heterocycles. The lowest BCUT2D eigenvalue weighted by atomic mass is 10.1. The number of anilines is 1. The summed E-state index contributed by atoms with van der Waals surface area (Å²) in [7, 11) is -5.56. The molecule has 0 aliphatic carbocycles. The van der Waals surface area contributed by atoms with Crippen LogP contribution in [0.1, 0.15) is 19.1 Å². The van der Waals surface area contributed by atoms with E-state index in [-0.39, 0.29) is 29.9 Å². The number of rotatable bonds is 17. The fourth-order valence-electron chi connectivity index (χ4n) is 4.28. The van der Waals surface area contributed by atoms with E-state index in [2.05, 4.69) is 35.9 Å². The maximum absolute atomic E-state index is 11.4. The molecule has 0 spiro atoms. The minimum atomic E-state index is -2.90. The summed E-state index contributed by atoms with van der Waals surface area (Å²) in [6, 6.07) is 0. The van der Waals surface area contributed by atoms with Crippen LogP contribution in [0.15, 0.2) is 29.2 Å². The maximum Gasteiger partial charge on any atom is 0.367 e. The molecule has 262 valence electrons. The molecule has 47 heavy (non-hydrogen) atoms. The van der Waals surface area contributed by atoms with E-state index in [9.17, 15) is 29.7 Å². The number of imidazole rings is 1. The van der Waals surface area contributed by atoms with Crippen LogP contribution < -0.4 is 27.4 Å². The van der Waals surface area contributed by atoms with Crippen molar-refractivity contribution < 1.29 is 61.9 Å². The second-order valence-electron chi connectivity index (χ2n) is 9.50. The lowest BCUT2D eigenvalue weighted by molar-refractivity contribution is -0.233. The number of guanidine groups is 1. The van der Waals surface area contributed by atoms with Gasteiger partial charge in [0.1, 0.15) is 48.7 Å². The Morgan fingerprint density at radius 2 is 1.85 bits per heavy atom. The molecule has 2 aromatic rings. The first-order chi connectivity index (χ1) is 22.5. The second kappa shape index (κ2) is 17.7. The molecule has 0 amide bonds. The van der Waals surface area contributed by atoms with E-state index >= 15 is 0 Å². The van der Waals surface area contributed by atoms with Crippen LogP contribution in [0.4, 0.5) is 5.82 Å². The summed E-state index contributed by atoms with van der Waals surface area (Å²) in [5.41, 5.74) is 12.4. The van der Waals surface area contributed by atoms with Crippen molar-refractivity contribution in [1.82, 2.24) is 35.5 Å². The number of allylic oxidation sites excluding steroid dienone is 1. The van der Waals surface area contributed by atoms with Crippen LogP contribution in [-0.2, 0) is 37.0 Å². The molecule has 2 saturated heterocycles. The van der Waals surface area contributed by atoms with Gasteiger partial charge in [-0.1, -0.05) is 0 Å². The monoisotopic (exact) mass is 728 g/mol. The Morgan fingerprint density at radius 1 is 1.09 bits per heavy atom. The normalized spacial score (nSPS) is 27.3. The number of aliphatic hydroxyl groups excluding tert-OH is 2. The van der Waals surface area contributed by atoms with Gasteiger partial charge in [-0.2, -0.15) is 9.67 Å². The first kappa shape index (κ1) is 37.3. The van der Waals surface area contributed by atoms with Crippen LogP contribution in [0.25, 0.3) is 11.2 Å². The standard InChI is InChI=1S/C21H35N10O13P3/c1-24-11(5-32)18(30-21(23)25-2)29-20-16(34)15(33)12(41-20)7-39-45(35)43-47(37)44-46(36)42-38-6-10-3-4-13(40-10)31-9-28-14-17(22)26-8-27-19(14)31/h5,8-10,12-13,15-16,20,24,29,33-37H,3-4,6-7H2,1-2H3,(H2,22,26,27)(H3,23,25,30)/b18-11+. The van der Waals surface area contributed by atoms with Crippen molar-refractivity contribution in [2.75, 3.05) is 33.0 Å². The molecule has 26 heteroatoms. The Kier molecular flexibility index (Phi) is 14.1. The number of hydrogen-bond acceptors (Lipinski definition) is 20. The van der Waals surface area contributed by atoms with E-state index in [0.717, 1.165) is 0 Å². The van der Waals surface area contributed by atoms with E-state index < -0.39 is 69.3 Å². The second-order valence-corrected chi connectivity index (χ2v) is 12.6. The zero-order chi connectivity index (χ0) is 34.1. The van der Waals surface area contributed by atoms with E-state index in [1.54, 1.807) is 10.9 Å². The minimum Gasteiger partial charge on any atom is -0.387 e. The molecule has 0 radical (unpaired) electrons. The number of aromatic nitrogens is 4. The van der Waals surface area contributed by atoms with E-state index in [1.807, 2.05) is 0 Å². The number of nitrogens with one attached hydrogen (secondary N) is 3. The SMILES string of the molecule is CN/C(N)=N\C(NC1OC(COP(O)OP(O)OP(O)OOCC2CCC(n3cnc4c(N)ncnc43)O2)C(O)C1O)=C(/C=O)NC. The molecule has 2 aromatic heterocycles. The van der Waals surface area contributed by atoms with E-state index in [4.69, 9.17) is 43.6 Å². The fourth-order valence-corrected chi connectivity index (χ4v) is 6.34. The van der Waals surface area contributed by atoms with Gasteiger partial charge in [-0.05, 0) is 12.8 Å². The maximum atomic E-state index is 11.4. The van der Waals surface area contributed by atoms with Gasteiger partial charge in [-0.15, -0.1) is 0 Å². The zero-order valence-corrected chi connectivity index (χ0v) is 27.4. The fraction of sp³-hybridized carbons (Fsp3) is 0.571. The van der Waals surface area contributed by atoms with Gasteiger partial charge in [-0.3, -0.25) is 9.36 Å². The molecule has 2 fully saturated rings. The molecule has 0 saturated carbocycles. The molecule has 23 nitrogen and oxygen atoms in total. The molecule has 9 unspecified atom stereocenters. The van der Waals surface area contributed by atoms with Crippen LogP contribution in [0.3, 0.4) is 0 Å². The minimum absolute atomic E-state index is 0.0304. The summed E-state index contributed by atoms with van der Waals surface area (Å²) in [6.45, 7) is -0.604. The summed E-state index contributed by atoms with van der Waals surface area (Å²) in [6.07, 6.45) is -1.78. The molecule has 0 bridgehead atoms. The van der Waals surface area contributed by atoms with Crippen LogP contribution >= 0.6 is 25.8 Å². The van der Waals surface area contributed by atoms with Crippen molar-refractivity contribution in [2.45, 2.75) is 49.7 Å². The Hall–Kier alpha value is -2.56. The molecule has 2 aliphatic rings. The summed E-state index contributed by atoms with van der Waals surface area (Å²) in [5.74, 6) is 0.0848. The Labute approximate surface area is 270 Å². The van der Waals surface area contributed by atoms with Crippen LogP contribution in [0, 0.1) is 0 Å². The molecular formula is C21H35N10O13P3. The topological polar surface area (TPSA) is 327 Å². The van der Waals surface area contributed by atoms with Gasteiger partial charge in [0.25, 0.3) is 0 Å². The number of nitrogens with two attached hydrogens (primary N) is 2. The predicted octanol–water partition coefficient (Wildman–Crippen LogP) is -2.10. The highest BCUT2D eigenvalue weighted by atomic mass is 31.3. The number of hydrogen-bond donors (Lipinski definition) is 10. The highest BCUT2D eigenvalue weighted by Crippen LogP contribution is 2.57. The number of nitrogen functional groups attached to an aromatic ring is 1. The third-order valence-corrected chi connectivity index (χ3v) is 9.39. The third-order valence-electron chi connectivity index (χ3n) is 6.55. The summed E-state index contributed by atoms with van der Waals surface area (Å²) >= 11 is 0. The van der Waals surface area contributed by atoms with E-state index in [1.165, 1.54) is 20.4 Å². The van der Waals surface area contributed by atoms with Crippen molar-refractivity contribution in [2.24, 2.45) is 10.7 Å². The highest BCUT2D eigenvalue weighted by Gasteiger charge is 2.44. The van der Waals surface area contributed by atoms with Crippen molar-refractivity contribution in [1.29, 1.82) is 0 Å². The van der Waals surface area contributed by atoms with Crippen LogP contribution in [-0.4, -0.2) is 115 Å². The van der Waals surface area contributed by atoms with Gasteiger partial charge in [0.15, 0.2) is 35.8 Å². The van der Waals surface area contributed by atoms with Gasteiger partial charge in [0.2, 0.25) is 0 Å². The number of nitrogens with zero attached hydrogens (tertiary/aromatic N) is 5. The predicted molar refractivity (Wildman–Crippen MR) is 162 cm³/mol. The van der Waals surface area contributed by atoms with Gasteiger partial charge in [0.05, 0.1) is 19.0 Å².